The van der Waals surface area contributed by atoms with Crippen LogP contribution in [0, 0.1) is 0 Å². The molecular weight excluding hydrogens is 372 g/mol. The number of benzene rings is 4. The van der Waals surface area contributed by atoms with Gasteiger partial charge in [-0.25, -0.2) is 0 Å². The fourth-order valence-corrected chi connectivity index (χ4v) is 4.83. The summed E-state index contributed by atoms with van der Waals surface area (Å²) in [4.78, 5) is 11.3. The van der Waals surface area contributed by atoms with Gasteiger partial charge < -0.3 is 9.47 Å². The normalized spacial score (nSPS) is 17.1. The predicted octanol–water partition coefficient (Wildman–Crippen LogP) is 5.66. The van der Waals surface area contributed by atoms with Crippen molar-refractivity contribution in [3.05, 3.63) is 107 Å². The first-order valence-electron chi connectivity index (χ1n) is 10.1. The van der Waals surface area contributed by atoms with Crippen LogP contribution in [-0.2, 0) is 16.6 Å². The minimum Gasteiger partial charge on any atom is -0.497 e. The third-order valence-corrected chi connectivity index (χ3v) is 6.10. The highest BCUT2D eigenvalue weighted by molar-refractivity contribution is 5.94. The molecule has 1 unspecified atom stereocenters. The largest absolute Gasteiger partial charge is 0.497 e. The Morgan fingerprint density at radius 1 is 0.800 bits per heavy atom. The van der Waals surface area contributed by atoms with Crippen LogP contribution in [0.3, 0.4) is 0 Å². The number of carbonyl (C=O) groups excluding carboxylic acids is 1. The minimum atomic E-state index is -0.315. The van der Waals surface area contributed by atoms with E-state index in [-0.39, 0.29) is 11.4 Å². The molecule has 3 nitrogen and oxygen atoms in total. The van der Waals surface area contributed by atoms with E-state index in [0.717, 1.165) is 12.2 Å². The van der Waals surface area contributed by atoms with Gasteiger partial charge in [0.1, 0.15) is 11.5 Å². The topological polar surface area (TPSA) is 35.5 Å². The average molecular weight is 394 g/mol. The lowest BCUT2D eigenvalue weighted by Gasteiger charge is -2.32. The summed E-state index contributed by atoms with van der Waals surface area (Å²) in [5, 5.41) is 2.59. The number of hydrogen-bond acceptors (Lipinski definition) is 3. The van der Waals surface area contributed by atoms with Crippen LogP contribution in [0.2, 0.25) is 0 Å². The van der Waals surface area contributed by atoms with Crippen LogP contribution < -0.4 is 9.47 Å². The minimum absolute atomic E-state index is 0.314. The van der Waals surface area contributed by atoms with Gasteiger partial charge in [-0.05, 0) is 63.7 Å². The lowest BCUT2D eigenvalue weighted by molar-refractivity contribution is -0.131. The van der Waals surface area contributed by atoms with E-state index < -0.39 is 0 Å². The van der Waals surface area contributed by atoms with Crippen LogP contribution in [-0.4, -0.2) is 13.1 Å². The molecule has 0 heterocycles. The summed E-state index contributed by atoms with van der Waals surface area (Å²) < 4.78 is 10.7. The molecule has 0 N–H and O–H groups in total. The van der Waals surface area contributed by atoms with Crippen LogP contribution in [0.25, 0.3) is 10.8 Å². The van der Waals surface area contributed by atoms with Crippen molar-refractivity contribution in [1.29, 1.82) is 0 Å². The van der Waals surface area contributed by atoms with Gasteiger partial charge in [0.15, 0.2) is 0 Å². The second-order valence-electron chi connectivity index (χ2n) is 7.75. The monoisotopic (exact) mass is 394 g/mol. The maximum Gasteiger partial charge on any atom is 0.308 e. The zero-order valence-electron chi connectivity index (χ0n) is 17.0. The van der Waals surface area contributed by atoms with Gasteiger partial charge in [-0.3, -0.25) is 4.79 Å². The Kier molecular flexibility index (Phi) is 4.32. The van der Waals surface area contributed by atoms with Gasteiger partial charge in [0.25, 0.3) is 0 Å². The second kappa shape index (κ2) is 7.03. The summed E-state index contributed by atoms with van der Waals surface area (Å²) >= 11 is 0. The molecule has 1 atom stereocenters. The highest BCUT2D eigenvalue weighted by Crippen LogP contribution is 2.51. The summed E-state index contributed by atoms with van der Waals surface area (Å²) in [6, 6.07) is 29.4. The van der Waals surface area contributed by atoms with Crippen molar-refractivity contribution in [1.82, 2.24) is 0 Å². The third-order valence-electron chi connectivity index (χ3n) is 6.10. The van der Waals surface area contributed by atoms with Crippen LogP contribution in [0.15, 0.2) is 84.9 Å². The van der Waals surface area contributed by atoms with E-state index in [9.17, 15) is 4.79 Å². The fraction of sp³-hybridized carbons (Fsp3) is 0.148. The van der Waals surface area contributed by atoms with Crippen molar-refractivity contribution >= 4 is 16.7 Å². The molecule has 1 aliphatic carbocycles. The number of rotatable bonds is 4. The molecule has 4 aromatic carbocycles. The SMILES string of the molecule is COc1ccc(C2(c3ccc(OC(C)=O)cc3)Cc3cccc4cccc2c34)cc1. The van der Waals surface area contributed by atoms with E-state index >= 15 is 0 Å². The van der Waals surface area contributed by atoms with Gasteiger partial charge in [-0.1, -0.05) is 60.7 Å². The van der Waals surface area contributed by atoms with Crippen LogP contribution in [0.4, 0.5) is 0 Å². The van der Waals surface area contributed by atoms with E-state index in [2.05, 4.69) is 60.7 Å². The first kappa shape index (κ1) is 18.4. The lowest BCUT2D eigenvalue weighted by Crippen LogP contribution is -2.28. The first-order valence-corrected chi connectivity index (χ1v) is 10.1. The zero-order chi connectivity index (χ0) is 20.7. The molecule has 0 bridgehead atoms. The van der Waals surface area contributed by atoms with Crippen LogP contribution in [0.1, 0.15) is 29.2 Å². The smallest absolute Gasteiger partial charge is 0.308 e. The van der Waals surface area contributed by atoms with E-state index in [0.29, 0.717) is 5.75 Å². The van der Waals surface area contributed by atoms with E-state index in [4.69, 9.17) is 9.47 Å². The Morgan fingerprint density at radius 3 is 2.00 bits per heavy atom. The first-order chi connectivity index (χ1) is 14.6. The van der Waals surface area contributed by atoms with Gasteiger partial charge >= 0.3 is 5.97 Å². The standard InChI is InChI=1S/C27H22O3/c1-18(28)30-24-15-11-22(12-16-24)27(21-9-13-23(29-2)14-10-21)17-20-7-3-5-19-6-4-8-25(27)26(19)20/h3-16H,17H2,1-2H3. The van der Waals surface area contributed by atoms with Crippen molar-refractivity contribution in [2.45, 2.75) is 18.8 Å². The lowest BCUT2D eigenvalue weighted by atomic mass is 9.69. The number of carbonyl (C=O) groups is 1. The second-order valence-corrected chi connectivity index (χ2v) is 7.75. The predicted molar refractivity (Wildman–Crippen MR) is 118 cm³/mol. The highest BCUT2D eigenvalue weighted by atomic mass is 16.5. The molecule has 3 heteroatoms. The van der Waals surface area contributed by atoms with Crippen molar-refractivity contribution in [3.63, 3.8) is 0 Å². The Balaban J connectivity index is 1.74. The van der Waals surface area contributed by atoms with Crippen molar-refractivity contribution in [2.75, 3.05) is 7.11 Å². The summed E-state index contributed by atoms with van der Waals surface area (Å²) in [6.45, 7) is 1.42. The summed E-state index contributed by atoms with van der Waals surface area (Å²) in [5.74, 6) is 1.09. The molecule has 1 aliphatic rings. The molecule has 0 aliphatic heterocycles. The van der Waals surface area contributed by atoms with E-state index in [1.54, 1.807) is 7.11 Å². The summed E-state index contributed by atoms with van der Waals surface area (Å²) in [7, 11) is 1.69. The molecule has 0 aromatic heterocycles. The zero-order valence-corrected chi connectivity index (χ0v) is 17.0. The van der Waals surface area contributed by atoms with Gasteiger partial charge in [-0.15, -0.1) is 0 Å². The Bertz CT molecular complexity index is 1230. The molecule has 4 aromatic rings. The van der Waals surface area contributed by atoms with Crippen LogP contribution >= 0.6 is 0 Å². The van der Waals surface area contributed by atoms with E-state index in [1.165, 1.54) is 39.9 Å². The average Bonchev–Trinajstić information content (AvgIpc) is 3.11. The fourth-order valence-electron chi connectivity index (χ4n) is 4.83. The van der Waals surface area contributed by atoms with Gasteiger partial charge in [-0.2, -0.15) is 0 Å². The molecule has 0 fully saturated rings. The summed E-state index contributed by atoms with van der Waals surface area (Å²) in [5.41, 5.74) is 4.73. The Labute approximate surface area is 175 Å². The van der Waals surface area contributed by atoms with Crippen molar-refractivity contribution < 1.29 is 14.3 Å². The Morgan fingerprint density at radius 2 is 1.40 bits per heavy atom. The maximum absolute atomic E-state index is 11.3. The van der Waals surface area contributed by atoms with Gasteiger partial charge in [0.2, 0.25) is 0 Å². The molecule has 30 heavy (non-hydrogen) atoms. The number of hydrogen-bond donors (Lipinski definition) is 0. The highest BCUT2D eigenvalue weighted by Gasteiger charge is 2.42. The number of ether oxygens (including phenoxy) is 2. The maximum atomic E-state index is 11.3. The van der Waals surface area contributed by atoms with Gasteiger partial charge in [0.05, 0.1) is 7.11 Å². The van der Waals surface area contributed by atoms with E-state index in [1.807, 2.05) is 24.3 Å². The molecule has 148 valence electrons. The molecule has 5 rings (SSSR count). The molecule has 0 saturated heterocycles. The van der Waals surface area contributed by atoms with Crippen LogP contribution in [0.5, 0.6) is 11.5 Å². The molecule has 0 saturated carbocycles. The van der Waals surface area contributed by atoms with Crippen molar-refractivity contribution in [2.24, 2.45) is 0 Å². The molecule has 0 radical (unpaired) electrons. The quantitative estimate of drug-likeness (QED) is 0.331. The van der Waals surface area contributed by atoms with Gasteiger partial charge in [0, 0.05) is 12.3 Å². The van der Waals surface area contributed by atoms with Crippen molar-refractivity contribution in [3.8, 4) is 11.5 Å². The molecule has 0 spiro atoms. The number of methoxy groups -OCH3 is 1. The summed E-state index contributed by atoms with van der Waals surface area (Å²) in [6.07, 6.45) is 0.878. The number of esters is 1. The molecular formula is C27H22O3. The molecule has 0 amide bonds. The third kappa shape index (κ3) is 2.78. The Hall–Kier alpha value is -3.59.